The maximum absolute atomic E-state index is 12.2. The number of nitrogens with one attached hydrogen (secondary N) is 1. The van der Waals surface area contributed by atoms with E-state index in [0.29, 0.717) is 28.9 Å². The summed E-state index contributed by atoms with van der Waals surface area (Å²) < 4.78 is 5.12. The second-order valence-corrected chi connectivity index (χ2v) is 5.31. The maximum atomic E-state index is 12.2. The number of anilines is 1. The third-order valence-electron chi connectivity index (χ3n) is 3.60. The van der Waals surface area contributed by atoms with Crippen molar-refractivity contribution in [2.24, 2.45) is 0 Å². The molecule has 0 aliphatic carbocycles. The second-order valence-electron chi connectivity index (χ2n) is 5.31. The molecule has 2 heterocycles. The van der Waals surface area contributed by atoms with Crippen LogP contribution in [0, 0.1) is 0 Å². The van der Waals surface area contributed by atoms with E-state index >= 15 is 0 Å². The monoisotopic (exact) mass is 310 g/mol. The summed E-state index contributed by atoms with van der Waals surface area (Å²) in [5.74, 6) is -0.376. The van der Waals surface area contributed by atoms with Gasteiger partial charge in [0.25, 0.3) is 0 Å². The van der Waals surface area contributed by atoms with Crippen LogP contribution in [0.1, 0.15) is 17.3 Å². The third kappa shape index (κ3) is 2.75. The standard InChI is InChI=1S/C17H18N4O2/c1-4-23-17(22)13-9-18-16-14(13)15(19-10-20-16)11-6-5-7-12(8-11)21(2)3/h5-10H,4H2,1-3H3,(H,18,19,20). The van der Waals surface area contributed by atoms with Crippen molar-refractivity contribution in [1.82, 2.24) is 15.0 Å². The van der Waals surface area contributed by atoms with Crippen molar-refractivity contribution in [1.29, 1.82) is 0 Å². The number of ether oxygens (including phenoxy) is 1. The molecule has 1 N–H and O–H groups in total. The van der Waals surface area contributed by atoms with Gasteiger partial charge in [-0.15, -0.1) is 0 Å². The number of nitrogens with zero attached hydrogens (tertiary/aromatic N) is 3. The van der Waals surface area contributed by atoms with Crippen LogP contribution < -0.4 is 4.90 Å². The molecule has 0 fully saturated rings. The average molecular weight is 310 g/mol. The minimum atomic E-state index is -0.376. The molecule has 0 spiro atoms. The molecule has 0 saturated heterocycles. The van der Waals surface area contributed by atoms with Crippen molar-refractivity contribution >= 4 is 22.7 Å². The Bertz CT molecular complexity index is 855. The number of carbonyl (C=O) groups excluding carboxylic acids is 1. The lowest BCUT2D eigenvalue weighted by Crippen LogP contribution is -2.08. The predicted molar refractivity (Wildman–Crippen MR) is 89.6 cm³/mol. The van der Waals surface area contributed by atoms with E-state index in [2.05, 4.69) is 15.0 Å². The zero-order valence-corrected chi connectivity index (χ0v) is 13.3. The first-order chi connectivity index (χ1) is 11.1. The molecule has 0 atom stereocenters. The first kappa shape index (κ1) is 15.0. The smallest absolute Gasteiger partial charge is 0.340 e. The lowest BCUT2D eigenvalue weighted by molar-refractivity contribution is 0.0528. The van der Waals surface area contributed by atoms with E-state index in [1.54, 1.807) is 13.1 Å². The van der Waals surface area contributed by atoms with Gasteiger partial charge in [-0.3, -0.25) is 0 Å². The van der Waals surface area contributed by atoms with Gasteiger partial charge in [0.05, 0.1) is 23.3 Å². The Hall–Kier alpha value is -2.89. The summed E-state index contributed by atoms with van der Waals surface area (Å²) in [6, 6.07) is 7.99. The molecule has 0 amide bonds. The Morgan fingerprint density at radius 1 is 1.30 bits per heavy atom. The topological polar surface area (TPSA) is 71.1 Å². The van der Waals surface area contributed by atoms with E-state index in [1.165, 1.54) is 6.33 Å². The molecule has 3 aromatic rings. The summed E-state index contributed by atoms with van der Waals surface area (Å²) in [6.45, 7) is 2.11. The predicted octanol–water partition coefficient (Wildman–Crippen LogP) is 2.87. The molecule has 118 valence electrons. The molecule has 3 rings (SSSR count). The maximum Gasteiger partial charge on any atom is 0.340 e. The molecule has 1 aromatic carbocycles. The van der Waals surface area contributed by atoms with Crippen molar-refractivity contribution in [2.75, 3.05) is 25.6 Å². The fourth-order valence-corrected chi connectivity index (χ4v) is 2.48. The number of aromatic amines is 1. The van der Waals surface area contributed by atoms with Gasteiger partial charge >= 0.3 is 5.97 Å². The van der Waals surface area contributed by atoms with Crippen LogP contribution >= 0.6 is 0 Å². The Morgan fingerprint density at radius 3 is 2.87 bits per heavy atom. The van der Waals surface area contributed by atoms with Crippen LogP contribution in [0.25, 0.3) is 22.3 Å². The van der Waals surface area contributed by atoms with Crippen molar-refractivity contribution in [3.8, 4) is 11.3 Å². The highest BCUT2D eigenvalue weighted by atomic mass is 16.5. The van der Waals surface area contributed by atoms with Crippen molar-refractivity contribution in [2.45, 2.75) is 6.92 Å². The highest BCUT2D eigenvalue weighted by molar-refractivity contribution is 6.08. The van der Waals surface area contributed by atoms with E-state index in [-0.39, 0.29) is 5.97 Å². The normalized spacial score (nSPS) is 10.7. The third-order valence-corrected chi connectivity index (χ3v) is 3.60. The van der Waals surface area contributed by atoms with Crippen molar-refractivity contribution in [3.05, 3.63) is 42.4 Å². The SMILES string of the molecule is CCOC(=O)c1c[nH]c2ncnc(-c3cccc(N(C)C)c3)c12. The molecule has 2 aromatic heterocycles. The lowest BCUT2D eigenvalue weighted by Gasteiger charge is -2.13. The Labute approximate surface area is 134 Å². The molecule has 6 heteroatoms. The van der Waals surface area contributed by atoms with E-state index in [9.17, 15) is 4.79 Å². The summed E-state index contributed by atoms with van der Waals surface area (Å²) in [4.78, 5) is 25.8. The van der Waals surface area contributed by atoms with E-state index in [1.807, 2.05) is 43.3 Å². The number of fused-ring (bicyclic) bond motifs is 1. The van der Waals surface area contributed by atoms with Crippen LogP contribution in [0.4, 0.5) is 5.69 Å². The quantitative estimate of drug-likeness (QED) is 0.750. The Morgan fingerprint density at radius 2 is 2.13 bits per heavy atom. The number of hydrogen-bond donors (Lipinski definition) is 1. The van der Waals surface area contributed by atoms with E-state index in [4.69, 9.17) is 4.74 Å². The molecule has 23 heavy (non-hydrogen) atoms. The van der Waals surface area contributed by atoms with Crippen LogP contribution in [0.2, 0.25) is 0 Å². The van der Waals surface area contributed by atoms with E-state index in [0.717, 1.165) is 11.3 Å². The first-order valence-corrected chi connectivity index (χ1v) is 7.38. The second kappa shape index (κ2) is 6.08. The van der Waals surface area contributed by atoms with Crippen LogP contribution in [-0.4, -0.2) is 41.6 Å². The minimum Gasteiger partial charge on any atom is -0.462 e. The molecule has 6 nitrogen and oxygen atoms in total. The van der Waals surface area contributed by atoms with Crippen LogP contribution in [0.5, 0.6) is 0 Å². The molecular weight excluding hydrogens is 292 g/mol. The van der Waals surface area contributed by atoms with Crippen LogP contribution in [0.3, 0.4) is 0 Å². The molecule has 0 bridgehead atoms. The van der Waals surface area contributed by atoms with Gasteiger partial charge < -0.3 is 14.6 Å². The zero-order chi connectivity index (χ0) is 16.4. The molecule has 0 aliphatic heterocycles. The van der Waals surface area contributed by atoms with Gasteiger partial charge in [0.15, 0.2) is 0 Å². The van der Waals surface area contributed by atoms with Crippen molar-refractivity contribution < 1.29 is 9.53 Å². The Kier molecular flexibility index (Phi) is 3.97. The van der Waals surface area contributed by atoms with Gasteiger partial charge in [-0.2, -0.15) is 0 Å². The summed E-state index contributed by atoms with van der Waals surface area (Å²) in [5.41, 5.74) is 3.76. The zero-order valence-electron chi connectivity index (χ0n) is 13.3. The first-order valence-electron chi connectivity index (χ1n) is 7.38. The summed E-state index contributed by atoms with van der Waals surface area (Å²) in [5, 5.41) is 0.682. The van der Waals surface area contributed by atoms with Crippen LogP contribution in [-0.2, 0) is 4.74 Å². The molecule has 0 aliphatic rings. The number of carbonyl (C=O) groups is 1. The largest absolute Gasteiger partial charge is 0.462 e. The van der Waals surface area contributed by atoms with Gasteiger partial charge in [-0.05, 0) is 19.1 Å². The highest BCUT2D eigenvalue weighted by Crippen LogP contribution is 2.30. The average Bonchev–Trinajstić information content (AvgIpc) is 2.99. The fraction of sp³-hybridized carbons (Fsp3) is 0.235. The van der Waals surface area contributed by atoms with E-state index < -0.39 is 0 Å². The summed E-state index contributed by atoms with van der Waals surface area (Å²) in [6.07, 6.45) is 3.11. The van der Waals surface area contributed by atoms with Gasteiger partial charge in [0.1, 0.15) is 12.0 Å². The van der Waals surface area contributed by atoms with Crippen molar-refractivity contribution in [3.63, 3.8) is 0 Å². The summed E-state index contributed by atoms with van der Waals surface area (Å²) in [7, 11) is 3.96. The molecule has 0 unspecified atom stereocenters. The van der Waals surface area contributed by atoms with Crippen LogP contribution in [0.15, 0.2) is 36.8 Å². The number of aromatic nitrogens is 3. The number of esters is 1. The number of hydrogen-bond acceptors (Lipinski definition) is 5. The fourth-order valence-electron chi connectivity index (χ4n) is 2.48. The number of H-pyrrole nitrogens is 1. The van der Waals surface area contributed by atoms with Gasteiger partial charge in [0.2, 0.25) is 0 Å². The van der Waals surface area contributed by atoms with Gasteiger partial charge in [-0.1, -0.05) is 12.1 Å². The summed E-state index contributed by atoms with van der Waals surface area (Å²) >= 11 is 0. The van der Waals surface area contributed by atoms with Gasteiger partial charge in [-0.25, -0.2) is 14.8 Å². The number of rotatable bonds is 4. The number of benzene rings is 1. The molecule has 0 saturated carbocycles. The minimum absolute atomic E-state index is 0.324. The highest BCUT2D eigenvalue weighted by Gasteiger charge is 2.19. The lowest BCUT2D eigenvalue weighted by atomic mass is 10.1. The molecule has 0 radical (unpaired) electrons. The Balaban J connectivity index is 2.19. The molecular formula is C17H18N4O2. The van der Waals surface area contributed by atoms with Gasteiger partial charge in [0, 0.05) is 31.5 Å².